The Bertz CT molecular complexity index is 1400. The highest BCUT2D eigenvalue weighted by molar-refractivity contribution is 6.09. The first-order valence-electron chi connectivity index (χ1n) is 12.2. The molecule has 5 nitrogen and oxygen atoms in total. The summed E-state index contributed by atoms with van der Waals surface area (Å²) in [5.41, 5.74) is 3.81. The van der Waals surface area contributed by atoms with Crippen molar-refractivity contribution in [3.63, 3.8) is 0 Å². The first-order chi connectivity index (χ1) is 17.4. The van der Waals surface area contributed by atoms with Gasteiger partial charge in [0.1, 0.15) is 5.82 Å². The van der Waals surface area contributed by atoms with Crippen molar-refractivity contribution in [1.29, 1.82) is 0 Å². The maximum atomic E-state index is 13.4. The van der Waals surface area contributed by atoms with Crippen LogP contribution in [0.15, 0.2) is 66.7 Å². The van der Waals surface area contributed by atoms with Crippen LogP contribution in [0.1, 0.15) is 88.3 Å². The number of anilines is 1. The fourth-order valence-corrected chi connectivity index (χ4v) is 4.83. The van der Waals surface area contributed by atoms with E-state index in [1.807, 2.05) is 6.07 Å². The Morgan fingerprint density at radius 3 is 2.05 bits per heavy atom. The van der Waals surface area contributed by atoms with E-state index < -0.39 is 11.8 Å². The van der Waals surface area contributed by atoms with Crippen LogP contribution in [0.25, 0.3) is 6.08 Å². The summed E-state index contributed by atoms with van der Waals surface area (Å²) < 4.78 is 13.4. The molecule has 1 aliphatic rings. The predicted octanol–water partition coefficient (Wildman–Crippen LogP) is 7.02. The van der Waals surface area contributed by atoms with Gasteiger partial charge >= 0.3 is 5.97 Å². The number of hydrogen-bond donors (Lipinski definition) is 2. The molecule has 0 heterocycles. The molecule has 0 saturated carbocycles. The molecule has 0 bridgehead atoms. The van der Waals surface area contributed by atoms with Crippen LogP contribution in [0.3, 0.4) is 0 Å². The molecule has 0 atom stereocenters. The number of carboxylic acids is 1. The minimum Gasteiger partial charge on any atom is -0.478 e. The van der Waals surface area contributed by atoms with Crippen molar-refractivity contribution < 1.29 is 23.9 Å². The van der Waals surface area contributed by atoms with Crippen LogP contribution in [-0.2, 0) is 10.8 Å². The molecule has 2 N–H and O–H groups in total. The minimum atomic E-state index is -1.01. The summed E-state index contributed by atoms with van der Waals surface area (Å²) in [7, 11) is 0. The number of halogens is 1. The molecule has 1 amide bonds. The van der Waals surface area contributed by atoms with E-state index in [4.69, 9.17) is 5.11 Å². The van der Waals surface area contributed by atoms with Crippen LogP contribution in [0.5, 0.6) is 0 Å². The van der Waals surface area contributed by atoms with Gasteiger partial charge in [-0.15, -0.1) is 0 Å². The number of rotatable bonds is 6. The number of fused-ring (bicyclic) bond motifs is 1. The smallest absolute Gasteiger partial charge is 0.335 e. The van der Waals surface area contributed by atoms with Gasteiger partial charge < -0.3 is 10.4 Å². The molecule has 190 valence electrons. The van der Waals surface area contributed by atoms with Gasteiger partial charge in [-0.05, 0) is 95.0 Å². The highest BCUT2D eigenvalue weighted by Gasteiger charge is 2.39. The second-order valence-corrected chi connectivity index (χ2v) is 10.8. The Morgan fingerprint density at radius 1 is 0.838 bits per heavy atom. The topological polar surface area (TPSA) is 83.5 Å². The predicted molar refractivity (Wildman–Crippen MR) is 143 cm³/mol. The fraction of sp³-hybridized carbons (Fsp3) is 0.258. The molecule has 37 heavy (non-hydrogen) atoms. The summed E-state index contributed by atoms with van der Waals surface area (Å²) in [4.78, 5) is 37.4. The largest absolute Gasteiger partial charge is 0.478 e. The first kappa shape index (κ1) is 26.0. The maximum Gasteiger partial charge on any atom is 0.335 e. The number of benzene rings is 3. The maximum absolute atomic E-state index is 13.4. The molecule has 0 aliphatic heterocycles. The Balaban J connectivity index is 1.74. The number of amides is 1. The van der Waals surface area contributed by atoms with E-state index in [2.05, 4.69) is 33.0 Å². The summed E-state index contributed by atoms with van der Waals surface area (Å²) in [6.07, 6.45) is 4.94. The number of ketones is 1. The monoisotopic (exact) mass is 499 g/mol. The number of aromatic carboxylic acids is 1. The van der Waals surface area contributed by atoms with Crippen LogP contribution in [0.4, 0.5) is 10.1 Å². The molecular weight excluding hydrogens is 469 g/mol. The molecule has 0 unspecified atom stereocenters. The van der Waals surface area contributed by atoms with Crippen molar-refractivity contribution in [1.82, 2.24) is 0 Å². The van der Waals surface area contributed by atoms with Crippen LogP contribution in [0, 0.1) is 5.82 Å². The zero-order valence-electron chi connectivity index (χ0n) is 21.4. The summed E-state index contributed by atoms with van der Waals surface area (Å²) in [6, 6.07) is 15.2. The number of nitrogens with one attached hydrogen (secondary N) is 1. The number of hydrogen-bond acceptors (Lipinski definition) is 3. The summed E-state index contributed by atoms with van der Waals surface area (Å²) in [5, 5.41) is 12.1. The van der Waals surface area contributed by atoms with Gasteiger partial charge in [-0.25, -0.2) is 9.18 Å². The molecule has 0 fully saturated rings. The molecule has 3 aromatic carbocycles. The Morgan fingerprint density at radius 2 is 1.43 bits per heavy atom. The van der Waals surface area contributed by atoms with Gasteiger partial charge in [0.05, 0.1) is 5.56 Å². The van der Waals surface area contributed by atoms with E-state index in [1.165, 1.54) is 42.5 Å². The van der Waals surface area contributed by atoms with Crippen LogP contribution in [-0.4, -0.2) is 22.8 Å². The minimum absolute atomic E-state index is 0.171. The van der Waals surface area contributed by atoms with Gasteiger partial charge in [0.25, 0.3) is 5.91 Å². The average Bonchev–Trinajstić information content (AvgIpc) is 2.85. The van der Waals surface area contributed by atoms with E-state index in [0.717, 1.165) is 24.0 Å². The molecule has 0 spiro atoms. The molecule has 0 aromatic heterocycles. The summed E-state index contributed by atoms with van der Waals surface area (Å²) in [6.45, 7) is 8.55. The zero-order valence-corrected chi connectivity index (χ0v) is 21.4. The molecule has 3 aromatic rings. The fourth-order valence-electron chi connectivity index (χ4n) is 4.83. The van der Waals surface area contributed by atoms with Gasteiger partial charge in [-0.1, -0.05) is 45.9 Å². The average molecular weight is 500 g/mol. The number of carboxylic acid groups (broad SMARTS) is 1. The molecule has 0 radical (unpaired) electrons. The third-order valence-electron chi connectivity index (χ3n) is 7.14. The van der Waals surface area contributed by atoms with Gasteiger partial charge in [0.15, 0.2) is 5.78 Å². The third kappa shape index (κ3) is 5.53. The number of carbonyl (C=O) groups is 3. The summed E-state index contributed by atoms with van der Waals surface area (Å²) >= 11 is 0. The molecule has 6 heteroatoms. The van der Waals surface area contributed by atoms with Gasteiger partial charge in [-0.3, -0.25) is 9.59 Å². The quantitative estimate of drug-likeness (QED) is 0.282. The lowest BCUT2D eigenvalue weighted by molar-refractivity contribution is 0.0696. The van der Waals surface area contributed by atoms with Crippen molar-refractivity contribution in [2.24, 2.45) is 0 Å². The van der Waals surface area contributed by atoms with Crippen LogP contribution in [0.2, 0.25) is 0 Å². The van der Waals surface area contributed by atoms with E-state index in [1.54, 1.807) is 24.3 Å². The van der Waals surface area contributed by atoms with Gasteiger partial charge in [-0.2, -0.15) is 0 Å². The van der Waals surface area contributed by atoms with Crippen molar-refractivity contribution in [3.05, 3.63) is 106 Å². The van der Waals surface area contributed by atoms with Gasteiger partial charge in [0.2, 0.25) is 0 Å². The van der Waals surface area contributed by atoms with E-state index in [0.29, 0.717) is 22.4 Å². The van der Waals surface area contributed by atoms with E-state index >= 15 is 0 Å². The van der Waals surface area contributed by atoms with Crippen molar-refractivity contribution in [3.8, 4) is 0 Å². The van der Waals surface area contributed by atoms with Gasteiger partial charge in [0, 0.05) is 16.8 Å². The lowest BCUT2D eigenvalue weighted by Crippen LogP contribution is -2.35. The Kier molecular flexibility index (Phi) is 6.87. The standard InChI is InChI=1S/C31H30FNO4/c1-30(2)15-16-31(3,4)27-24(30)17-22(18-25(27)33-28(35)20-10-12-23(32)13-11-20)26(34)14-7-19-5-8-21(9-6-19)29(36)37/h5-14,17-18H,15-16H2,1-4H3,(H,33,35)(H,36,37). The lowest BCUT2D eigenvalue weighted by atomic mass is 9.62. The third-order valence-corrected chi connectivity index (χ3v) is 7.14. The van der Waals surface area contributed by atoms with E-state index in [-0.39, 0.29) is 28.1 Å². The van der Waals surface area contributed by atoms with E-state index in [9.17, 15) is 18.8 Å². The molecule has 1 aliphatic carbocycles. The lowest BCUT2D eigenvalue weighted by Gasteiger charge is -2.43. The molecule has 0 saturated heterocycles. The second kappa shape index (κ2) is 9.77. The number of allylic oxidation sites excluding steroid dienone is 1. The van der Waals surface area contributed by atoms with Crippen LogP contribution >= 0.6 is 0 Å². The summed E-state index contributed by atoms with van der Waals surface area (Å²) in [5.74, 6) is -2.04. The second-order valence-electron chi connectivity index (χ2n) is 10.8. The first-order valence-corrected chi connectivity index (χ1v) is 12.2. The zero-order chi connectivity index (χ0) is 27.0. The van der Waals surface area contributed by atoms with Crippen LogP contribution < -0.4 is 5.32 Å². The molecular formula is C31H30FNO4. The highest BCUT2D eigenvalue weighted by Crippen LogP contribution is 2.49. The van der Waals surface area contributed by atoms with Crippen molar-refractivity contribution in [2.45, 2.75) is 51.4 Å². The molecule has 4 rings (SSSR count). The SMILES string of the molecule is CC1(C)CCC(C)(C)c2c(NC(=O)c3ccc(F)cc3)cc(C(=O)C=Cc3ccc(C(=O)O)cc3)cc21. The Hall–Kier alpha value is -4.06. The number of carbonyl (C=O) groups excluding carboxylic acids is 2. The van der Waals surface area contributed by atoms with Crippen molar-refractivity contribution in [2.75, 3.05) is 5.32 Å². The Labute approximate surface area is 216 Å². The van der Waals surface area contributed by atoms with Crippen molar-refractivity contribution >= 4 is 29.4 Å². The normalized spacial score (nSPS) is 15.7. The highest BCUT2D eigenvalue weighted by atomic mass is 19.1.